The standard InChI is InChI=1S/C17H17Cl2N7S/c1-24-22-16(21-23-24)15-5-20-17(27-15)26-8-10-6-25(7-11(10)9-26)14-4-12(18)2-3-13(14)19/h2-5,10-11H,6-9H2,1H3. The second-order valence-electron chi connectivity index (χ2n) is 7.04. The molecule has 7 nitrogen and oxygen atoms in total. The molecule has 2 atom stereocenters. The van der Waals surface area contributed by atoms with Crippen molar-refractivity contribution in [3.63, 3.8) is 0 Å². The lowest BCUT2D eigenvalue weighted by Crippen LogP contribution is -2.28. The first-order valence-corrected chi connectivity index (χ1v) is 10.3. The van der Waals surface area contributed by atoms with Gasteiger partial charge in [-0.2, -0.15) is 4.80 Å². The molecule has 3 aromatic rings. The lowest BCUT2D eigenvalue weighted by atomic mass is 10.0. The van der Waals surface area contributed by atoms with Gasteiger partial charge in [0.15, 0.2) is 5.13 Å². The summed E-state index contributed by atoms with van der Waals surface area (Å²) in [6.07, 6.45) is 1.84. The maximum Gasteiger partial charge on any atom is 0.216 e. The van der Waals surface area contributed by atoms with Gasteiger partial charge < -0.3 is 9.80 Å². The van der Waals surface area contributed by atoms with E-state index in [0.717, 1.165) is 51.9 Å². The van der Waals surface area contributed by atoms with Crippen LogP contribution >= 0.6 is 34.5 Å². The Morgan fingerprint density at radius 2 is 1.81 bits per heavy atom. The molecule has 1 aromatic carbocycles. The summed E-state index contributed by atoms with van der Waals surface area (Å²) >= 11 is 14.2. The van der Waals surface area contributed by atoms with Gasteiger partial charge in [0.2, 0.25) is 5.82 Å². The molecule has 140 valence electrons. The Bertz CT molecular complexity index is 973. The molecule has 2 saturated heterocycles. The summed E-state index contributed by atoms with van der Waals surface area (Å²) in [5.74, 6) is 1.83. The van der Waals surface area contributed by atoms with Gasteiger partial charge in [-0.05, 0) is 23.4 Å². The second kappa shape index (κ2) is 6.61. The highest BCUT2D eigenvalue weighted by molar-refractivity contribution is 7.18. The molecular weight excluding hydrogens is 405 g/mol. The van der Waals surface area contributed by atoms with Gasteiger partial charge in [-0.3, -0.25) is 0 Å². The van der Waals surface area contributed by atoms with Gasteiger partial charge in [-0.1, -0.05) is 34.5 Å². The number of thiazole rings is 1. The van der Waals surface area contributed by atoms with E-state index in [0.29, 0.717) is 17.7 Å². The molecule has 0 spiro atoms. The van der Waals surface area contributed by atoms with Crippen molar-refractivity contribution in [1.29, 1.82) is 0 Å². The molecule has 0 bridgehead atoms. The summed E-state index contributed by atoms with van der Waals surface area (Å²) in [7, 11) is 1.76. The van der Waals surface area contributed by atoms with Crippen molar-refractivity contribution in [2.24, 2.45) is 18.9 Å². The van der Waals surface area contributed by atoms with Crippen molar-refractivity contribution in [3.8, 4) is 10.7 Å². The quantitative estimate of drug-likeness (QED) is 0.646. The Morgan fingerprint density at radius 1 is 1.07 bits per heavy atom. The molecule has 0 amide bonds. The topological polar surface area (TPSA) is 63.0 Å². The maximum absolute atomic E-state index is 6.38. The molecule has 2 aliphatic heterocycles. The minimum absolute atomic E-state index is 0.599. The number of aryl methyl sites for hydroxylation is 1. The molecule has 2 aliphatic rings. The van der Waals surface area contributed by atoms with Crippen LogP contribution in [0.15, 0.2) is 24.4 Å². The van der Waals surface area contributed by atoms with E-state index in [9.17, 15) is 0 Å². The van der Waals surface area contributed by atoms with Crippen molar-refractivity contribution in [2.45, 2.75) is 0 Å². The number of nitrogens with zero attached hydrogens (tertiary/aromatic N) is 7. The summed E-state index contributed by atoms with van der Waals surface area (Å²) in [5, 5.41) is 14.7. The van der Waals surface area contributed by atoms with Crippen LogP contribution in [0.3, 0.4) is 0 Å². The number of tetrazole rings is 1. The number of aromatic nitrogens is 5. The van der Waals surface area contributed by atoms with Crippen LogP contribution in [0, 0.1) is 11.8 Å². The number of benzene rings is 1. The molecule has 0 aliphatic carbocycles. The van der Waals surface area contributed by atoms with Crippen molar-refractivity contribution < 1.29 is 0 Å². The lowest BCUT2D eigenvalue weighted by Gasteiger charge is -2.24. The Kier molecular flexibility index (Phi) is 4.22. The fourth-order valence-corrected chi connectivity index (χ4v) is 5.23. The van der Waals surface area contributed by atoms with E-state index >= 15 is 0 Å². The van der Waals surface area contributed by atoms with Crippen LogP contribution < -0.4 is 9.80 Å². The highest BCUT2D eigenvalue weighted by atomic mass is 35.5. The smallest absolute Gasteiger partial charge is 0.216 e. The Morgan fingerprint density at radius 3 is 2.52 bits per heavy atom. The van der Waals surface area contributed by atoms with Crippen LogP contribution in [0.1, 0.15) is 0 Å². The normalized spacial score (nSPS) is 21.9. The summed E-state index contributed by atoms with van der Waals surface area (Å²) < 4.78 is 0. The van der Waals surface area contributed by atoms with Crippen LogP contribution in [-0.2, 0) is 7.05 Å². The van der Waals surface area contributed by atoms with Crippen LogP contribution in [0.4, 0.5) is 10.8 Å². The predicted octanol–water partition coefficient (Wildman–Crippen LogP) is 3.21. The molecule has 5 rings (SSSR count). The average Bonchev–Trinajstić information content (AvgIpc) is 3.38. The summed E-state index contributed by atoms with van der Waals surface area (Å²) in [6.45, 7) is 3.98. The fourth-order valence-electron chi connectivity index (χ4n) is 3.97. The maximum atomic E-state index is 6.38. The largest absolute Gasteiger partial charge is 0.370 e. The summed E-state index contributed by atoms with van der Waals surface area (Å²) in [6, 6.07) is 5.67. The third kappa shape index (κ3) is 3.15. The highest BCUT2D eigenvalue weighted by Crippen LogP contribution is 2.40. The van der Waals surface area contributed by atoms with Crippen molar-refractivity contribution in [1.82, 2.24) is 25.2 Å². The van der Waals surface area contributed by atoms with Gasteiger partial charge in [0.25, 0.3) is 0 Å². The Labute approximate surface area is 170 Å². The fraction of sp³-hybridized carbons (Fsp3) is 0.412. The van der Waals surface area contributed by atoms with Gasteiger partial charge in [-0.25, -0.2) is 4.98 Å². The highest BCUT2D eigenvalue weighted by Gasteiger charge is 2.41. The number of hydrogen-bond donors (Lipinski definition) is 0. The second-order valence-corrected chi connectivity index (χ2v) is 8.89. The summed E-state index contributed by atoms with van der Waals surface area (Å²) in [5.41, 5.74) is 1.04. The van der Waals surface area contributed by atoms with E-state index in [1.54, 1.807) is 18.4 Å². The first-order chi connectivity index (χ1) is 13.1. The molecule has 0 N–H and O–H groups in total. The van der Waals surface area contributed by atoms with Gasteiger partial charge in [0.05, 0.1) is 28.8 Å². The molecule has 2 aromatic heterocycles. The van der Waals surface area contributed by atoms with Gasteiger partial charge in [-0.15, -0.1) is 10.2 Å². The van der Waals surface area contributed by atoms with Gasteiger partial charge in [0.1, 0.15) is 0 Å². The molecule has 0 radical (unpaired) electrons. The van der Waals surface area contributed by atoms with Gasteiger partial charge in [0, 0.05) is 43.0 Å². The number of anilines is 2. The minimum atomic E-state index is 0.599. The first-order valence-electron chi connectivity index (χ1n) is 8.72. The molecule has 2 fully saturated rings. The van der Waals surface area contributed by atoms with E-state index in [4.69, 9.17) is 23.2 Å². The third-order valence-corrected chi connectivity index (χ3v) is 6.84. The van der Waals surface area contributed by atoms with E-state index in [1.165, 1.54) is 4.80 Å². The molecular formula is C17H17Cl2N7S. The SMILES string of the molecule is Cn1nnc(-c2cnc(N3CC4CN(c5cc(Cl)ccc5Cl)CC4C3)s2)n1. The van der Waals surface area contributed by atoms with Gasteiger partial charge >= 0.3 is 0 Å². The number of halogens is 2. The van der Waals surface area contributed by atoms with E-state index in [1.807, 2.05) is 24.4 Å². The Balaban J connectivity index is 1.29. The zero-order valence-corrected chi connectivity index (χ0v) is 16.9. The van der Waals surface area contributed by atoms with Crippen LogP contribution in [0.25, 0.3) is 10.7 Å². The van der Waals surface area contributed by atoms with Crippen LogP contribution in [0.2, 0.25) is 10.0 Å². The zero-order chi connectivity index (χ0) is 18.5. The van der Waals surface area contributed by atoms with E-state index < -0.39 is 0 Å². The van der Waals surface area contributed by atoms with Crippen LogP contribution in [0.5, 0.6) is 0 Å². The first kappa shape index (κ1) is 17.2. The van der Waals surface area contributed by atoms with Crippen molar-refractivity contribution in [3.05, 3.63) is 34.4 Å². The number of rotatable bonds is 3. The van der Waals surface area contributed by atoms with Crippen LogP contribution in [-0.4, -0.2) is 51.4 Å². The number of fused-ring (bicyclic) bond motifs is 1. The van der Waals surface area contributed by atoms with E-state index in [2.05, 4.69) is 30.2 Å². The Hall–Kier alpha value is -1.90. The number of hydrogen-bond acceptors (Lipinski definition) is 7. The van der Waals surface area contributed by atoms with Crippen molar-refractivity contribution in [2.75, 3.05) is 36.0 Å². The minimum Gasteiger partial charge on any atom is -0.370 e. The van der Waals surface area contributed by atoms with Crippen molar-refractivity contribution >= 4 is 45.4 Å². The molecule has 2 unspecified atom stereocenters. The third-order valence-electron chi connectivity index (χ3n) is 5.23. The average molecular weight is 422 g/mol. The molecule has 4 heterocycles. The monoisotopic (exact) mass is 421 g/mol. The predicted molar refractivity (Wildman–Crippen MR) is 108 cm³/mol. The zero-order valence-electron chi connectivity index (χ0n) is 14.6. The summed E-state index contributed by atoms with van der Waals surface area (Å²) in [4.78, 5) is 11.7. The molecule has 10 heteroatoms. The molecule has 0 saturated carbocycles. The van der Waals surface area contributed by atoms with E-state index in [-0.39, 0.29) is 0 Å². The molecule has 27 heavy (non-hydrogen) atoms. The lowest BCUT2D eigenvalue weighted by molar-refractivity contribution is 0.533.